The molecular weight excluding hydrogens is 202 g/mol. The van der Waals surface area contributed by atoms with E-state index >= 15 is 0 Å². The van der Waals surface area contributed by atoms with Crippen molar-refractivity contribution >= 4 is 17.7 Å². The molecule has 1 heterocycles. The highest BCUT2D eigenvalue weighted by Gasteiger charge is 2.24. The average molecular weight is 212 g/mol. The Labute approximate surface area is 87.0 Å². The molecule has 3 nitrogen and oxygen atoms in total. The van der Waals surface area contributed by atoms with Crippen LogP contribution in [0, 0.1) is 6.92 Å². The fourth-order valence-corrected chi connectivity index (χ4v) is 1.81. The molecule has 0 spiro atoms. The number of aryl methyl sites for hydroxylation is 1. The van der Waals surface area contributed by atoms with Crippen molar-refractivity contribution in [1.29, 1.82) is 0 Å². The van der Waals surface area contributed by atoms with E-state index in [2.05, 4.69) is 5.32 Å². The number of alkyl carbamates (subject to hydrolysis) is 1. The van der Waals surface area contributed by atoms with E-state index in [0.29, 0.717) is 11.6 Å². The van der Waals surface area contributed by atoms with Crippen LogP contribution in [0.3, 0.4) is 0 Å². The normalized spacial score (nSPS) is 20.4. The molecule has 0 aliphatic carbocycles. The van der Waals surface area contributed by atoms with Gasteiger partial charge in [0, 0.05) is 5.02 Å². The molecule has 0 radical (unpaired) electrons. The highest BCUT2D eigenvalue weighted by Crippen LogP contribution is 2.24. The van der Waals surface area contributed by atoms with Crippen molar-refractivity contribution in [1.82, 2.24) is 5.32 Å². The van der Waals surface area contributed by atoms with Gasteiger partial charge in [-0.05, 0) is 30.2 Å². The van der Waals surface area contributed by atoms with Crippen molar-refractivity contribution in [2.45, 2.75) is 13.0 Å². The molecule has 0 unspecified atom stereocenters. The molecule has 1 atom stereocenters. The van der Waals surface area contributed by atoms with E-state index in [0.717, 1.165) is 11.1 Å². The Morgan fingerprint density at radius 1 is 1.57 bits per heavy atom. The lowest BCUT2D eigenvalue weighted by Crippen LogP contribution is -2.18. The summed E-state index contributed by atoms with van der Waals surface area (Å²) in [6.07, 6.45) is -0.357. The number of carbonyl (C=O) groups is 1. The van der Waals surface area contributed by atoms with E-state index in [4.69, 9.17) is 16.3 Å². The zero-order chi connectivity index (χ0) is 10.1. The zero-order valence-electron chi connectivity index (χ0n) is 7.71. The molecule has 1 aliphatic rings. The molecule has 1 amide bonds. The van der Waals surface area contributed by atoms with Crippen LogP contribution in [0.25, 0.3) is 0 Å². The first kappa shape index (κ1) is 9.34. The van der Waals surface area contributed by atoms with Crippen LogP contribution in [0.2, 0.25) is 5.02 Å². The SMILES string of the molecule is Cc1cc(Cl)ccc1[C@H]1COC(=O)N1. The van der Waals surface area contributed by atoms with Crippen LogP contribution in [0.5, 0.6) is 0 Å². The maximum atomic E-state index is 10.8. The Morgan fingerprint density at radius 2 is 2.36 bits per heavy atom. The maximum absolute atomic E-state index is 10.8. The van der Waals surface area contributed by atoms with Crippen LogP contribution in [0.1, 0.15) is 17.2 Å². The van der Waals surface area contributed by atoms with Gasteiger partial charge in [-0.3, -0.25) is 0 Å². The summed E-state index contributed by atoms with van der Waals surface area (Å²) < 4.78 is 4.82. The second-order valence-corrected chi connectivity index (χ2v) is 3.73. The van der Waals surface area contributed by atoms with Gasteiger partial charge in [-0.25, -0.2) is 4.79 Å². The van der Waals surface area contributed by atoms with Crippen LogP contribution < -0.4 is 5.32 Å². The van der Waals surface area contributed by atoms with Gasteiger partial charge in [0.25, 0.3) is 0 Å². The lowest BCUT2D eigenvalue weighted by atomic mass is 10.0. The number of amides is 1. The lowest BCUT2D eigenvalue weighted by Gasteiger charge is -2.10. The molecule has 14 heavy (non-hydrogen) atoms. The first-order valence-electron chi connectivity index (χ1n) is 4.36. The predicted molar refractivity (Wildman–Crippen MR) is 53.4 cm³/mol. The van der Waals surface area contributed by atoms with E-state index in [1.54, 1.807) is 0 Å². The second kappa shape index (κ2) is 3.50. The van der Waals surface area contributed by atoms with Gasteiger partial charge in [0.15, 0.2) is 0 Å². The molecule has 0 aromatic heterocycles. The van der Waals surface area contributed by atoms with Crippen LogP contribution >= 0.6 is 11.6 Å². The Kier molecular flexibility index (Phi) is 2.33. The van der Waals surface area contributed by atoms with Gasteiger partial charge < -0.3 is 10.1 Å². The molecule has 74 valence electrons. The van der Waals surface area contributed by atoms with Crippen molar-refractivity contribution in [3.05, 3.63) is 34.3 Å². The average Bonchev–Trinajstić information content (AvgIpc) is 2.51. The molecule has 1 aromatic rings. The Morgan fingerprint density at radius 3 is 2.93 bits per heavy atom. The van der Waals surface area contributed by atoms with Gasteiger partial charge in [-0.2, -0.15) is 0 Å². The smallest absolute Gasteiger partial charge is 0.407 e. The third kappa shape index (κ3) is 1.68. The number of hydrogen-bond donors (Lipinski definition) is 1. The molecule has 1 N–H and O–H groups in total. The van der Waals surface area contributed by atoms with Crippen LogP contribution in [0.4, 0.5) is 4.79 Å². The van der Waals surface area contributed by atoms with Crippen molar-refractivity contribution in [3.8, 4) is 0 Å². The number of cyclic esters (lactones) is 1. The van der Waals surface area contributed by atoms with Crippen molar-refractivity contribution < 1.29 is 9.53 Å². The van der Waals surface area contributed by atoms with E-state index in [1.807, 2.05) is 25.1 Å². The van der Waals surface area contributed by atoms with Gasteiger partial charge in [-0.1, -0.05) is 17.7 Å². The molecule has 4 heteroatoms. The minimum absolute atomic E-state index is 0.0419. The highest BCUT2D eigenvalue weighted by atomic mass is 35.5. The summed E-state index contributed by atoms with van der Waals surface area (Å²) in [5, 5.41) is 3.43. The molecule has 2 rings (SSSR count). The lowest BCUT2D eigenvalue weighted by molar-refractivity contribution is 0.177. The molecule has 0 saturated carbocycles. The maximum Gasteiger partial charge on any atom is 0.407 e. The van der Waals surface area contributed by atoms with Crippen LogP contribution in [-0.4, -0.2) is 12.7 Å². The number of nitrogens with one attached hydrogen (secondary N) is 1. The monoisotopic (exact) mass is 211 g/mol. The Balaban J connectivity index is 2.28. The van der Waals surface area contributed by atoms with Gasteiger partial charge in [0.1, 0.15) is 6.61 Å². The van der Waals surface area contributed by atoms with E-state index in [9.17, 15) is 4.79 Å². The van der Waals surface area contributed by atoms with Crippen molar-refractivity contribution in [2.75, 3.05) is 6.61 Å². The minimum atomic E-state index is -0.357. The number of rotatable bonds is 1. The summed E-state index contributed by atoms with van der Waals surface area (Å²) in [6, 6.07) is 5.56. The minimum Gasteiger partial charge on any atom is -0.447 e. The molecule has 0 bridgehead atoms. The third-order valence-electron chi connectivity index (χ3n) is 2.28. The number of halogens is 1. The Bertz CT molecular complexity index is 378. The highest BCUT2D eigenvalue weighted by molar-refractivity contribution is 6.30. The summed E-state index contributed by atoms with van der Waals surface area (Å²) >= 11 is 5.83. The zero-order valence-corrected chi connectivity index (χ0v) is 8.47. The molecule has 1 saturated heterocycles. The number of ether oxygens (including phenoxy) is 1. The van der Waals surface area contributed by atoms with Crippen LogP contribution in [0.15, 0.2) is 18.2 Å². The number of benzene rings is 1. The first-order chi connectivity index (χ1) is 6.66. The third-order valence-corrected chi connectivity index (χ3v) is 2.52. The number of hydrogen-bond acceptors (Lipinski definition) is 2. The molecule has 1 fully saturated rings. The summed E-state index contributed by atoms with van der Waals surface area (Å²) in [7, 11) is 0. The van der Waals surface area contributed by atoms with Crippen molar-refractivity contribution in [2.24, 2.45) is 0 Å². The van der Waals surface area contributed by atoms with Crippen molar-refractivity contribution in [3.63, 3.8) is 0 Å². The van der Waals surface area contributed by atoms with Crippen LogP contribution in [-0.2, 0) is 4.74 Å². The fourth-order valence-electron chi connectivity index (χ4n) is 1.58. The van der Waals surface area contributed by atoms with E-state index in [-0.39, 0.29) is 12.1 Å². The van der Waals surface area contributed by atoms with Gasteiger partial charge >= 0.3 is 6.09 Å². The van der Waals surface area contributed by atoms with E-state index in [1.165, 1.54) is 0 Å². The van der Waals surface area contributed by atoms with E-state index < -0.39 is 0 Å². The Hall–Kier alpha value is -1.22. The summed E-state index contributed by atoms with van der Waals surface area (Å²) in [5.41, 5.74) is 2.12. The topological polar surface area (TPSA) is 38.3 Å². The molecule has 1 aromatic carbocycles. The van der Waals surface area contributed by atoms with Gasteiger partial charge in [0.05, 0.1) is 6.04 Å². The first-order valence-corrected chi connectivity index (χ1v) is 4.74. The second-order valence-electron chi connectivity index (χ2n) is 3.30. The standard InChI is InChI=1S/C10H10ClNO2/c1-6-4-7(11)2-3-8(6)9-5-14-10(13)12-9/h2-4,9H,5H2,1H3,(H,12,13)/t9-/m1/s1. The largest absolute Gasteiger partial charge is 0.447 e. The fraction of sp³-hybridized carbons (Fsp3) is 0.300. The summed E-state index contributed by atoms with van der Waals surface area (Å²) in [6.45, 7) is 2.35. The van der Waals surface area contributed by atoms with Gasteiger partial charge in [0.2, 0.25) is 0 Å². The summed E-state index contributed by atoms with van der Waals surface area (Å²) in [4.78, 5) is 10.8. The quantitative estimate of drug-likeness (QED) is 0.775. The summed E-state index contributed by atoms with van der Waals surface area (Å²) in [5.74, 6) is 0. The van der Waals surface area contributed by atoms with Gasteiger partial charge in [-0.15, -0.1) is 0 Å². The predicted octanol–water partition coefficient (Wildman–Crippen LogP) is 2.43. The molecule has 1 aliphatic heterocycles. The molecular formula is C10H10ClNO2. The number of carbonyl (C=O) groups excluding carboxylic acids is 1.